The Morgan fingerprint density at radius 2 is 2.00 bits per heavy atom. The Balaban J connectivity index is 1.97. The summed E-state index contributed by atoms with van der Waals surface area (Å²) in [6, 6.07) is 0. The number of rotatable bonds is 5. The molecule has 0 saturated carbocycles. The Hall–Kier alpha value is -1.97. The van der Waals surface area contributed by atoms with Crippen molar-refractivity contribution in [2.75, 3.05) is 32.0 Å². The van der Waals surface area contributed by atoms with Crippen molar-refractivity contribution in [3.05, 3.63) is 31.2 Å². The molecular formula is C17H25N5O3S. The average Bonchev–Trinajstić information content (AvgIpc) is 3.06. The molecule has 0 radical (unpaired) electrons. The van der Waals surface area contributed by atoms with E-state index in [2.05, 4.69) is 9.88 Å². The molecule has 1 aliphatic heterocycles. The van der Waals surface area contributed by atoms with Crippen molar-refractivity contribution in [3.63, 3.8) is 0 Å². The van der Waals surface area contributed by atoms with Crippen LogP contribution >= 0.6 is 11.3 Å². The fourth-order valence-corrected chi connectivity index (χ4v) is 3.84. The first-order valence-corrected chi connectivity index (χ1v) is 9.60. The van der Waals surface area contributed by atoms with Gasteiger partial charge in [0.2, 0.25) is 0 Å². The average molecular weight is 379 g/mol. The Morgan fingerprint density at radius 3 is 2.65 bits per heavy atom. The molecule has 1 saturated heterocycles. The number of hydrogen-bond acceptors (Lipinski definition) is 7. The second kappa shape index (κ2) is 7.73. The van der Waals surface area contributed by atoms with E-state index < -0.39 is 11.2 Å². The predicted octanol–water partition coefficient (Wildman–Crippen LogP) is 0.741. The van der Waals surface area contributed by atoms with Crippen molar-refractivity contribution in [1.82, 2.24) is 19.0 Å². The molecule has 2 N–H and O–H groups in total. The fourth-order valence-electron chi connectivity index (χ4n) is 3.01. The van der Waals surface area contributed by atoms with Gasteiger partial charge >= 0.3 is 5.69 Å². The summed E-state index contributed by atoms with van der Waals surface area (Å²) < 4.78 is 7.93. The second-order valence-corrected chi connectivity index (χ2v) is 7.87. The zero-order valence-electron chi connectivity index (χ0n) is 15.4. The van der Waals surface area contributed by atoms with Crippen LogP contribution < -0.4 is 17.0 Å². The van der Waals surface area contributed by atoms with E-state index in [-0.39, 0.29) is 11.7 Å². The Morgan fingerprint density at radius 1 is 1.31 bits per heavy atom. The molecule has 1 fully saturated rings. The highest BCUT2D eigenvalue weighted by molar-refractivity contribution is 7.09. The van der Waals surface area contributed by atoms with Crippen LogP contribution in [0.3, 0.4) is 0 Å². The van der Waals surface area contributed by atoms with Gasteiger partial charge in [-0.05, 0) is 5.92 Å². The number of nitrogen functional groups attached to an aromatic ring is 1. The van der Waals surface area contributed by atoms with Crippen LogP contribution in [0.4, 0.5) is 5.82 Å². The summed E-state index contributed by atoms with van der Waals surface area (Å²) in [4.78, 5) is 31.9. The number of nitrogens with two attached hydrogens (primary N) is 1. The molecule has 26 heavy (non-hydrogen) atoms. The first-order chi connectivity index (χ1) is 12.4. The molecule has 0 unspecified atom stereocenters. The molecule has 2 aromatic rings. The lowest BCUT2D eigenvalue weighted by Gasteiger charge is -2.25. The number of nitrogens with zero attached hydrogens (tertiary/aromatic N) is 4. The predicted molar refractivity (Wildman–Crippen MR) is 102 cm³/mol. The Kier molecular flexibility index (Phi) is 5.59. The van der Waals surface area contributed by atoms with Crippen molar-refractivity contribution >= 4 is 17.2 Å². The standard InChI is InChI=1S/C17H25N5O3S/c1-11(2)8-22-15(18)14(16(23)20(3)17(22)24)12-10-26-13(19-12)9-21-4-6-25-7-5-21/h10-11H,4-9,18H2,1-3H3. The highest BCUT2D eigenvalue weighted by Crippen LogP contribution is 2.24. The van der Waals surface area contributed by atoms with Gasteiger partial charge in [-0.1, -0.05) is 13.8 Å². The lowest BCUT2D eigenvalue weighted by Crippen LogP contribution is -2.41. The lowest BCUT2D eigenvalue weighted by atomic mass is 10.2. The van der Waals surface area contributed by atoms with Crippen LogP contribution in [0.15, 0.2) is 15.0 Å². The van der Waals surface area contributed by atoms with E-state index in [4.69, 9.17) is 10.5 Å². The number of aromatic nitrogens is 3. The van der Waals surface area contributed by atoms with Crippen molar-refractivity contribution < 1.29 is 4.74 Å². The summed E-state index contributed by atoms with van der Waals surface area (Å²) >= 11 is 1.50. The van der Waals surface area contributed by atoms with Gasteiger partial charge in [-0.3, -0.25) is 18.8 Å². The van der Waals surface area contributed by atoms with Crippen LogP contribution in [-0.2, 0) is 24.9 Å². The third kappa shape index (κ3) is 3.74. The van der Waals surface area contributed by atoms with Crippen LogP contribution in [0, 0.1) is 5.92 Å². The minimum atomic E-state index is -0.407. The summed E-state index contributed by atoms with van der Waals surface area (Å²) in [5.74, 6) is 0.419. The van der Waals surface area contributed by atoms with E-state index >= 15 is 0 Å². The van der Waals surface area contributed by atoms with E-state index in [0.717, 1.165) is 42.4 Å². The number of morpholine rings is 1. The maximum absolute atomic E-state index is 12.7. The Bertz CT molecular complexity index is 893. The van der Waals surface area contributed by atoms with Crippen LogP contribution in [-0.4, -0.2) is 45.3 Å². The molecular weight excluding hydrogens is 354 g/mol. The van der Waals surface area contributed by atoms with Crippen LogP contribution in [0.2, 0.25) is 0 Å². The number of ether oxygens (including phenoxy) is 1. The zero-order chi connectivity index (χ0) is 18.8. The van der Waals surface area contributed by atoms with Crippen molar-refractivity contribution in [3.8, 4) is 11.3 Å². The molecule has 0 amide bonds. The third-order valence-electron chi connectivity index (χ3n) is 4.40. The topological polar surface area (TPSA) is 95.4 Å². The zero-order valence-corrected chi connectivity index (χ0v) is 16.2. The van der Waals surface area contributed by atoms with Gasteiger partial charge in [0.05, 0.1) is 25.5 Å². The maximum Gasteiger partial charge on any atom is 0.332 e. The van der Waals surface area contributed by atoms with E-state index in [1.165, 1.54) is 23.0 Å². The van der Waals surface area contributed by atoms with Gasteiger partial charge in [-0.25, -0.2) is 9.78 Å². The number of anilines is 1. The summed E-state index contributed by atoms with van der Waals surface area (Å²) in [6.45, 7) is 8.38. The van der Waals surface area contributed by atoms with Crippen LogP contribution in [0.5, 0.6) is 0 Å². The molecule has 2 aromatic heterocycles. The molecule has 3 rings (SSSR count). The molecule has 8 nitrogen and oxygen atoms in total. The minimum absolute atomic E-state index is 0.190. The monoisotopic (exact) mass is 379 g/mol. The summed E-state index contributed by atoms with van der Waals surface area (Å²) in [6.07, 6.45) is 0. The van der Waals surface area contributed by atoms with Gasteiger partial charge in [-0.2, -0.15) is 0 Å². The smallest absolute Gasteiger partial charge is 0.332 e. The summed E-state index contributed by atoms with van der Waals surface area (Å²) in [5.41, 5.74) is 6.25. The van der Waals surface area contributed by atoms with E-state index in [9.17, 15) is 9.59 Å². The largest absolute Gasteiger partial charge is 0.384 e. The van der Waals surface area contributed by atoms with Gasteiger partial charge < -0.3 is 10.5 Å². The van der Waals surface area contributed by atoms with E-state index in [1.807, 2.05) is 19.2 Å². The van der Waals surface area contributed by atoms with Gasteiger partial charge in [-0.15, -0.1) is 11.3 Å². The van der Waals surface area contributed by atoms with Crippen molar-refractivity contribution in [2.24, 2.45) is 13.0 Å². The Labute approximate surface area is 155 Å². The molecule has 142 valence electrons. The molecule has 0 bridgehead atoms. The molecule has 3 heterocycles. The van der Waals surface area contributed by atoms with Gasteiger partial charge in [0.15, 0.2) is 0 Å². The molecule has 1 aliphatic rings. The van der Waals surface area contributed by atoms with E-state index in [1.54, 1.807) is 0 Å². The first-order valence-electron chi connectivity index (χ1n) is 8.72. The molecule has 0 spiro atoms. The van der Waals surface area contributed by atoms with Gasteiger partial charge in [0.25, 0.3) is 5.56 Å². The summed E-state index contributed by atoms with van der Waals surface area (Å²) in [5, 5.41) is 2.76. The number of hydrogen-bond donors (Lipinski definition) is 1. The lowest BCUT2D eigenvalue weighted by molar-refractivity contribution is 0.0342. The molecule has 0 atom stereocenters. The fraction of sp³-hybridized carbons (Fsp3) is 0.588. The third-order valence-corrected chi connectivity index (χ3v) is 5.24. The maximum atomic E-state index is 12.7. The highest BCUT2D eigenvalue weighted by Gasteiger charge is 2.20. The molecule has 0 aromatic carbocycles. The van der Waals surface area contributed by atoms with E-state index in [0.29, 0.717) is 17.8 Å². The minimum Gasteiger partial charge on any atom is -0.384 e. The van der Waals surface area contributed by atoms with Crippen molar-refractivity contribution in [2.45, 2.75) is 26.9 Å². The summed E-state index contributed by atoms with van der Waals surface area (Å²) in [7, 11) is 1.48. The normalized spacial score (nSPS) is 15.7. The molecule has 0 aliphatic carbocycles. The highest BCUT2D eigenvalue weighted by atomic mass is 32.1. The number of thiazole rings is 1. The van der Waals surface area contributed by atoms with Gasteiger partial charge in [0, 0.05) is 32.1 Å². The second-order valence-electron chi connectivity index (χ2n) is 6.93. The van der Waals surface area contributed by atoms with Crippen molar-refractivity contribution in [1.29, 1.82) is 0 Å². The quantitative estimate of drug-likeness (QED) is 0.823. The SMILES string of the molecule is CC(C)Cn1c(N)c(-c2csc(CN3CCOCC3)n2)c(=O)n(C)c1=O. The van der Waals surface area contributed by atoms with Crippen LogP contribution in [0.1, 0.15) is 18.9 Å². The van der Waals surface area contributed by atoms with Crippen LogP contribution in [0.25, 0.3) is 11.3 Å². The van der Waals surface area contributed by atoms with Gasteiger partial charge in [0.1, 0.15) is 16.4 Å². The first kappa shape index (κ1) is 18.8. The molecule has 9 heteroatoms.